The van der Waals surface area contributed by atoms with Crippen LogP contribution in [0.3, 0.4) is 0 Å². The molecule has 2 heteroatoms. The molecule has 0 aliphatic rings. The first-order valence-electron chi connectivity index (χ1n) is 5.41. The van der Waals surface area contributed by atoms with E-state index in [0.717, 1.165) is 22.1 Å². The fourth-order valence-corrected chi connectivity index (χ4v) is 1.97. The van der Waals surface area contributed by atoms with E-state index in [1.807, 2.05) is 42.5 Å². The molecular formula is C15H11O2. The Labute approximate surface area is 99.4 Å². The number of para-hydroxylation sites is 1. The molecule has 0 spiro atoms. The van der Waals surface area contributed by atoms with Gasteiger partial charge in [-0.1, -0.05) is 36.4 Å². The summed E-state index contributed by atoms with van der Waals surface area (Å²) < 4.78 is 10.9. The molecule has 3 aromatic rings. The Morgan fingerprint density at radius 2 is 2.00 bits per heavy atom. The van der Waals surface area contributed by atoms with Crippen molar-refractivity contribution in [3.05, 3.63) is 54.8 Å². The number of ether oxygens (including phenoxy) is 1. The van der Waals surface area contributed by atoms with Crippen molar-refractivity contribution in [2.45, 2.75) is 0 Å². The normalized spacial score (nSPS) is 10.6. The van der Waals surface area contributed by atoms with E-state index in [2.05, 4.69) is 6.07 Å². The molecule has 1 heterocycles. The summed E-state index contributed by atoms with van der Waals surface area (Å²) in [4.78, 5) is 0. The van der Waals surface area contributed by atoms with Gasteiger partial charge in [0.1, 0.15) is 11.5 Å². The highest BCUT2D eigenvalue weighted by Gasteiger charge is 2.12. The molecular weight excluding hydrogens is 212 g/mol. The largest absolute Gasteiger partial charge is 0.495 e. The first-order valence-corrected chi connectivity index (χ1v) is 5.41. The van der Waals surface area contributed by atoms with Crippen LogP contribution in [-0.4, -0.2) is 7.11 Å². The van der Waals surface area contributed by atoms with Gasteiger partial charge in [-0.25, -0.2) is 0 Å². The van der Waals surface area contributed by atoms with Crippen molar-refractivity contribution in [1.82, 2.24) is 0 Å². The van der Waals surface area contributed by atoms with Crippen LogP contribution in [0.15, 0.2) is 53.1 Å². The highest BCUT2D eigenvalue weighted by Crippen LogP contribution is 2.35. The monoisotopic (exact) mass is 223 g/mol. The summed E-state index contributed by atoms with van der Waals surface area (Å²) in [6, 6.07) is 16.9. The minimum absolute atomic E-state index is 0.701. The molecule has 1 radical (unpaired) electrons. The van der Waals surface area contributed by atoms with Crippen molar-refractivity contribution in [3.63, 3.8) is 0 Å². The summed E-state index contributed by atoms with van der Waals surface area (Å²) in [5.74, 6) is 1.53. The Hall–Kier alpha value is -2.22. The van der Waals surface area contributed by atoms with Gasteiger partial charge in [0.25, 0.3) is 0 Å². The lowest BCUT2D eigenvalue weighted by molar-refractivity contribution is 0.414. The molecule has 2 aromatic carbocycles. The third-order valence-electron chi connectivity index (χ3n) is 2.78. The van der Waals surface area contributed by atoms with Crippen molar-refractivity contribution in [1.29, 1.82) is 0 Å². The summed E-state index contributed by atoms with van der Waals surface area (Å²) >= 11 is 0. The van der Waals surface area contributed by atoms with E-state index in [0.29, 0.717) is 5.75 Å². The first-order chi connectivity index (χ1) is 8.40. The van der Waals surface area contributed by atoms with Crippen LogP contribution in [-0.2, 0) is 0 Å². The van der Waals surface area contributed by atoms with Crippen LogP contribution < -0.4 is 4.74 Å². The molecule has 0 aliphatic heterocycles. The predicted octanol–water partition coefficient (Wildman–Crippen LogP) is 3.91. The molecule has 0 bridgehead atoms. The molecule has 0 N–H and O–H groups in total. The van der Waals surface area contributed by atoms with Gasteiger partial charge >= 0.3 is 0 Å². The van der Waals surface area contributed by atoms with E-state index >= 15 is 0 Å². The number of benzene rings is 2. The van der Waals surface area contributed by atoms with Crippen LogP contribution in [0.1, 0.15) is 0 Å². The fourth-order valence-electron chi connectivity index (χ4n) is 1.97. The van der Waals surface area contributed by atoms with Gasteiger partial charge in [0.15, 0.2) is 0 Å². The topological polar surface area (TPSA) is 22.4 Å². The molecule has 0 atom stereocenters. The van der Waals surface area contributed by atoms with Crippen LogP contribution in [0.25, 0.3) is 22.1 Å². The lowest BCUT2D eigenvalue weighted by Crippen LogP contribution is -1.86. The zero-order valence-electron chi connectivity index (χ0n) is 9.44. The van der Waals surface area contributed by atoms with Crippen molar-refractivity contribution < 1.29 is 9.15 Å². The second-order valence-corrected chi connectivity index (χ2v) is 3.77. The summed E-state index contributed by atoms with van der Waals surface area (Å²) in [6.45, 7) is 0. The van der Waals surface area contributed by atoms with Crippen LogP contribution in [0.2, 0.25) is 0 Å². The second kappa shape index (κ2) is 3.98. The van der Waals surface area contributed by atoms with Gasteiger partial charge in [-0.15, -0.1) is 0 Å². The number of furan rings is 1. The molecule has 0 saturated heterocycles. The maximum absolute atomic E-state index is 5.64. The number of methoxy groups -OCH3 is 1. The number of hydrogen-bond donors (Lipinski definition) is 0. The second-order valence-electron chi connectivity index (χ2n) is 3.77. The Balaban J connectivity index is 2.27. The van der Waals surface area contributed by atoms with E-state index in [1.54, 1.807) is 13.4 Å². The third kappa shape index (κ3) is 1.58. The molecule has 0 unspecified atom stereocenters. The van der Waals surface area contributed by atoms with Crippen molar-refractivity contribution in [3.8, 4) is 17.1 Å². The minimum atomic E-state index is 0.701. The molecule has 2 nitrogen and oxygen atoms in total. The summed E-state index contributed by atoms with van der Waals surface area (Å²) in [5, 5.41) is 2.18. The Morgan fingerprint density at radius 1 is 1.12 bits per heavy atom. The van der Waals surface area contributed by atoms with Gasteiger partial charge in [-0.2, -0.15) is 0 Å². The van der Waals surface area contributed by atoms with E-state index in [-0.39, 0.29) is 0 Å². The van der Waals surface area contributed by atoms with Gasteiger partial charge in [0.2, 0.25) is 0 Å². The standard InChI is InChI=1S/C15H11O2/c1-16-14-9-5-4-8-13(14)15-12-7-3-2-6-11(12)10-17-15/h2-8,10H,1H3. The maximum Gasteiger partial charge on any atom is 0.145 e. The molecule has 1 aromatic heterocycles. The zero-order chi connectivity index (χ0) is 11.7. The lowest BCUT2D eigenvalue weighted by atomic mass is 10.1. The summed E-state index contributed by atoms with van der Waals surface area (Å²) in [5.41, 5.74) is 0.927. The minimum Gasteiger partial charge on any atom is -0.495 e. The van der Waals surface area contributed by atoms with Crippen LogP contribution in [0, 0.1) is 6.07 Å². The van der Waals surface area contributed by atoms with E-state index in [4.69, 9.17) is 9.15 Å². The Bertz CT molecular complexity index is 653. The summed E-state index contributed by atoms with van der Waals surface area (Å²) in [7, 11) is 1.64. The molecule has 83 valence electrons. The Kier molecular flexibility index (Phi) is 2.33. The number of fused-ring (bicyclic) bond motifs is 1. The van der Waals surface area contributed by atoms with E-state index in [9.17, 15) is 0 Å². The average Bonchev–Trinajstić information content (AvgIpc) is 2.82. The first kappa shape index (κ1) is 9.97. The predicted molar refractivity (Wildman–Crippen MR) is 67.0 cm³/mol. The molecule has 0 aliphatic carbocycles. The van der Waals surface area contributed by atoms with Crippen LogP contribution >= 0.6 is 0 Å². The smallest absolute Gasteiger partial charge is 0.145 e. The summed E-state index contributed by atoms with van der Waals surface area (Å²) in [6.07, 6.45) is 1.76. The number of rotatable bonds is 2. The van der Waals surface area contributed by atoms with Crippen LogP contribution in [0.5, 0.6) is 5.75 Å². The highest BCUT2D eigenvalue weighted by atomic mass is 16.5. The average molecular weight is 223 g/mol. The molecule has 0 amide bonds. The van der Waals surface area contributed by atoms with Gasteiger partial charge in [-0.3, -0.25) is 0 Å². The van der Waals surface area contributed by atoms with E-state index < -0.39 is 0 Å². The van der Waals surface area contributed by atoms with Gasteiger partial charge in [0, 0.05) is 16.8 Å². The lowest BCUT2D eigenvalue weighted by Gasteiger charge is -2.05. The van der Waals surface area contributed by atoms with Crippen LogP contribution in [0.4, 0.5) is 0 Å². The fraction of sp³-hybridized carbons (Fsp3) is 0.0667. The van der Waals surface area contributed by atoms with Crippen molar-refractivity contribution >= 4 is 10.8 Å². The van der Waals surface area contributed by atoms with E-state index in [1.165, 1.54) is 0 Å². The molecule has 3 rings (SSSR count). The maximum atomic E-state index is 5.64. The van der Waals surface area contributed by atoms with Crippen molar-refractivity contribution in [2.75, 3.05) is 7.11 Å². The molecule has 17 heavy (non-hydrogen) atoms. The van der Waals surface area contributed by atoms with Crippen molar-refractivity contribution in [2.24, 2.45) is 0 Å². The third-order valence-corrected chi connectivity index (χ3v) is 2.78. The molecule has 0 fully saturated rings. The quantitative estimate of drug-likeness (QED) is 0.657. The molecule has 0 saturated carbocycles. The Morgan fingerprint density at radius 3 is 2.88 bits per heavy atom. The van der Waals surface area contributed by atoms with Gasteiger partial charge in [0.05, 0.1) is 18.9 Å². The van der Waals surface area contributed by atoms with Gasteiger partial charge < -0.3 is 9.15 Å². The zero-order valence-corrected chi connectivity index (χ0v) is 9.44. The SMILES string of the molecule is COc1[c]cccc1-c1occ2ccccc12. The van der Waals surface area contributed by atoms with Gasteiger partial charge in [-0.05, 0) is 6.07 Å². The highest BCUT2D eigenvalue weighted by molar-refractivity contribution is 5.95. The number of hydrogen-bond acceptors (Lipinski definition) is 2.